The molecule has 4 nitrogen and oxygen atoms in total. The minimum atomic E-state index is -0.393. The number of hydrogen-bond acceptors (Lipinski definition) is 3. The van der Waals surface area contributed by atoms with Gasteiger partial charge < -0.3 is 9.72 Å². The lowest BCUT2D eigenvalue weighted by atomic mass is 9.89. The molecule has 3 aromatic carbocycles. The molecule has 29 heavy (non-hydrogen) atoms. The quantitative estimate of drug-likeness (QED) is 0.356. The van der Waals surface area contributed by atoms with E-state index in [4.69, 9.17) is 4.74 Å². The van der Waals surface area contributed by atoms with Gasteiger partial charge in [-0.1, -0.05) is 78.9 Å². The molecule has 0 aliphatic rings. The molecule has 0 atom stereocenters. The summed E-state index contributed by atoms with van der Waals surface area (Å²) < 4.78 is 5.35. The number of carbonyl (C=O) groups excluding carboxylic acids is 2. The van der Waals surface area contributed by atoms with E-state index in [9.17, 15) is 9.59 Å². The summed E-state index contributed by atoms with van der Waals surface area (Å²) in [6, 6.07) is 27.3. The van der Waals surface area contributed by atoms with Crippen LogP contribution in [-0.2, 0) is 9.53 Å². The first-order valence-electron chi connectivity index (χ1n) is 9.57. The van der Waals surface area contributed by atoms with Crippen LogP contribution in [0.1, 0.15) is 33.8 Å². The number of ether oxygens (including phenoxy) is 1. The van der Waals surface area contributed by atoms with Gasteiger partial charge in [-0.25, -0.2) is 0 Å². The van der Waals surface area contributed by atoms with E-state index in [1.807, 2.05) is 84.9 Å². The van der Waals surface area contributed by atoms with E-state index in [2.05, 4.69) is 4.98 Å². The Bertz CT molecular complexity index is 1080. The van der Waals surface area contributed by atoms with Crippen LogP contribution in [0.25, 0.3) is 10.9 Å². The van der Waals surface area contributed by atoms with Crippen LogP contribution in [0.15, 0.2) is 91.1 Å². The molecule has 0 saturated heterocycles. The number of ketones is 1. The minimum Gasteiger partial charge on any atom is -0.457 e. The molecule has 4 aromatic rings. The van der Waals surface area contributed by atoms with Crippen LogP contribution in [0.2, 0.25) is 0 Å². The number of nitrogens with one attached hydrogen (secondary N) is 1. The van der Waals surface area contributed by atoms with Gasteiger partial charge in [0.1, 0.15) is 0 Å². The van der Waals surface area contributed by atoms with Gasteiger partial charge in [0.15, 0.2) is 6.61 Å². The Morgan fingerprint density at radius 1 is 0.793 bits per heavy atom. The molecule has 1 N–H and O–H groups in total. The maximum Gasteiger partial charge on any atom is 0.307 e. The second kappa shape index (κ2) is 8.57. The van der Waals surface area contributed by atoms with Gasteiger partial charge in [0.2, 0.25) is 5.78 Å². The van der Waals surface area contributed by atoms with Crippen molar-refractivity contribution in [1.29, 1.82) is 0 Å². The summed E-state index contributed by atoms with van der Waals surface area (Å²) in [6.45, 7) is -0.267. The fraction of sp³-hybridized carbons (Fsp3) is 0.120. The third-order valence-corrected chi connectivity index (χ3v) is 5.03. The molecule has 1 aromatic heterocycles. The highest BCUT2D eigenvalue weighted by atomic mass is 16.5. The Morgan fingerprint density at radius 2 is 1.38 bits per heavy atom. The Kier molecular flexibility index (Phi) is 5.52. The van der Waals surface area contributed by atoms with Gasteiger partial charge in [-0.15, -0.1) is 0 Å². The largest absolute Gasteiger partial charge is 0.457 e. The summed E-state index contributed by atoms with van der Waals surface area (Å²) in [6.07, 6.45) is 1.84. The number of hydrogen-bond donors (Lipinski definition) is 1. The SMILES string of the molecule is O=C(CC(c1ccccc1)c1ccccc1)OCC(=O)c1c[nH]c2ccccc12. The Labute approximate surface area is 169 Å². The van der Waals surface area contributed by atoms with Crippen LogP contribution >= 0.6 is 0 Å². The molecule has 1 heterocycles. The van der Waals surface area contributed by atoms with Crippen LogP contribution in [0.3, 0.4) is 0 Å². The number of esters is 1. The predicted octanol–water partition coefficient (Wildman–Crippen LogP) is 5.12. The summed E-state index contributed by atoms with van der Waals surface area (Å²) in [5, 5.41) is 0.833. The van der Waals surface area contributed by atoms with Crippen molar-refractivity contribution in [2.45, 2.75) is 12.3 Å². The van der Waals surface area contributed by atoms with Gasteiger partial charge >= 0.3 is 5.97 Å². The normalized spacial score (nSPS) is 10.9. The van der Waals surface area contributed by atoms with E-state index in [0.717, 1.165) is 22.0 Å². The molecule has 0 saturated carbocycles. The zero-order valence-electron chi connectivity index (χ0n) is 15.9. The van der Waals surface area contributed by atoms with Crippen LogP contribution in [0.5, 0.6) is 0 Å². The van der Waals surface area contributed by atoms with Gasteiger partial charge in [0.05, 0.1) is 6.42 Å². The fourth-order valence-electron chi connectivity index (χ4n) is 3.55. The number of benzene rings is 3. The first kappa shape index (κ1) is 18.7. The average Bonchev–Trinajstić information content (AvgIpc) is 3.21. The van der Waals surface area contributed by atoms with Crippen LogP contribution in [0, 0.1) is 0 Å². The molecule has 0 spiro atoms. The number of aromatic amines is 1. The van der Waals surface area contributed by atoms with Crippen LogP contribution in [0.4, 0.5) is 0 Å². The van der Waals surface area contributed by atoms with Crippen molar-refractivity contribution in [1.82, 2.24) is 4.98 Å². The Hall–Kier alpha value is -3.66. The lowest BCUT2D eigenvalue weighted by molar-refractivity contribution is -0.142. The molecule has 0 amide bonds. The third kappa shape index (κ3) is 4.27. The molecule has 0 aliphatic carbocycles. The van der Waals surface area contributed by atoms with E-state index in [0.29, 0.717) is 5.56 Å². The highest BCUT2D eigenvalue weighted by Crippen LogP contribution is 2.28. The van der Waals surface area contributed by atoms with E-state index < -0.39 is 5.97 Å². The summed E-state index contributed by atoms with van der Waals surface area (Å²) >= 11 is 0. The van der Waals surface area contributed by atoms with Crippen LogP contribution < -0.4 is 0 Å². The van der Waals surface area contributed by atoms with Gasteiger partial charge in [-0.05, 0) is 17.2 Å². The van der Waals surface area contributed by atoms with Crippen molar-refractivity contribution in [3.63, 3.8) is 0 Å². The topological polar surface area (TPSA) is 59.2 Å². The zero-order chi connectivity index (χ0) is 20.1. The molecular weight excluding hydrogens is 362 g/mol. The Balaban J connectivity index is 1.45. The van der Waals surface area contributed by atoms with E-state index in [-0.39, 0.29) is 24.7 Å². The molecule has 0 radical (unpaired) electrons. The number of aromatic nitrogens is 1. The lowest BCUT2D eigenvalue weighted by Gasteiger charge is -2.17. The predicted molar refractivity (Wildman–Crippen MR) is 113 cm³/mol. The van der Waals surface area contributed by atoms with Crippen molar-refractivity contribution in [2.24, 2.45) is 0 Å². The number of H-pyrrole nitrogens is 1. The monoisotopic (exact) mass is 383 g/mol. The van der Waals surface area contributed by atoms with Crippen molar-refractivity contribution in [2.75, 3.05) is 6.61 Å². The molecule has 144 valence electrons. The van der Waals surface area contributed by atoms with Crippen molar-refractivity contribution in [3.8, 4) is 0 Å². The van der Waals surface area contributed by atoms with Crippen molar-refractivity contribution < 1.29 is 14.3 Å². The number of rotatable bonds is 7. The summed E-state index contributed by atoms with van der Waals surface area (Å²) in [5.74, 6) is -0.726. The van der Waals surface area contributed by atoms with Gasteiger partial charge in [-0.3, -0.25) is 9.59 Å². The molecule has 4 rings (SSSR count). The van der Waals surface area contributed by atoms with Crippen molar-refractivity contribution >= 4 is 22.7 Å². The van der Waals surface area contributed by atoms with E-state index in [1.165, 1.54) is 0 Å². The van der Waals surface area contributed by atoms with Crippen LogP contribution in [-0.4, -0.2) is 23.3 Å². The first-order chi connectivity index (χ1) is 14.2. The smallest absolute Gasteiger partial charge is 0.307 e. The summed E-state index contributed by atoms with van der Waals surface area (Å²) in [7, 11) is 0. The average molecular weight is 383 g/mol. The maximum absolute atomic E-state index is 12.6. The first-order valence-corrected chi connectivity index (χ1v) is 9.57. The lowest BCUT2D eigenvalue weighted by Crippen LogP contribution is -2.16. The van der Waals surface area contributed by atoms with E-state index in [1.54, 1.807) is 6.20 Å². The van der Waals surface area contributed by atoms with Gasteiger partial charge in [0, 0.05) is 28.6 Å². The second-order valence-electron chi connectivity index (χ2n) is 6.91. The molecule has 0 aliphatic heterocycles. The highest BCUT2D eigenvalue weighted by Gasteiger charge is 2.20. The second-order valence-corrected chi connectivity index (χ2v) is 6.91. The number of para-hydroxylation sites is 1. The minimum absolute atomic E-state index is 0.118. The summed E-state index contributed by atoms with van der Waals surface area (Å²) in [5.41, 5.74) is 3.50. The maximum atomic E-state index is 12.6. The number of fused-ring (bicyclic) bond motifs is 1. The highest BCUT2D eigenvalue weighted by molar-refractivity contribution is 6.08. The number of Topliss-reactive ketones (excluding diaryl/α,β-unsaturated/α-hetero) is 1. The van der Waals surface area contributed by atoms with Gasteiger partial charge in [-0.2, -0.15) is 0 Å². The van der Waals surface area contributed by atoms with Gasteiger partial charge in [0.25, 0.3) is 0 Å². The van der Waals surface area contributed by atoms with Crippen molar-refractivity contribution in [3.05, 3.63) is 108 Å². The third-order valence-electron chi connectivity index (χ3n) is 5.03. The molecule has 0 unspecified atom stereocenters. The fourth-order valence-corrected chi connectivity index (χ4v) is 3.55. The molecule has 0 fully saturated rings. The molecule has 0 bridgehead atoms. The zero-order valence-corrected chi connectivity index (χ0v) is 15.9. The number of carbonyl (C=O) groups is 2. The molecule has 4 heteroatoms. The van der Waals surface area contributed by atoms with E-state index >= 15 is 0 Å². The summed E-state index contributed by atoms with van der Waals surface area (Å²) in [4.78, 5) is 28.2. The standard InChI is InChI=1S/C25H21NO3/c27-24(22-16-26-23-14-8-7-13-20(22)23)17-29-25(28)15-21(18-9-3-1-4-10-18)19-11-5-2-6-12-19/h1-14,16,21,26H,15,17H2. The Morgan fingerprint density at radius 3 is 2.03 bits per heavy atom. The molecular formula is C25H21NO3.